The van der Waals surface area contributed by atoms with E-state index in [1.807, 2.05) is 27.7 Å². The first-order valence-electron chi connectivity index (χ1n) is 5.91. The fourth-order valence-electron chi connectivity index (χ4n) is 1.49. The molecule has 0 aliphatic carbocycles. The molecule has 0 saturated carbocycles. The van der Waals surface area contributed by atoms with E-state index in [2.05, 4.69) is 31.2 Å². The van der Waals surface area contributed by atoms with E-state index in [1.54, 1.807) is 6.07 Å². The summed E-state index contributed by atoms with van der Waals surface area (Å²) < 4.78 is 0.690. The maximum absolute atomic E-state index is 11.4. The lowest BCUT2D eigenvalue weighted by atomic mass is 10.0. The number of carbonyl (C=O) groups excluding carboxylic acids is 1. The Morgan fingerprint density at radius 1 is 1.33 bits per heavy atom. The molecule has 0 aliphatic heterocycles. The molecule has 1 atom stereocenters. The number of nitrogens with one attached hydrogen (secondary N) is 1. The monoisotopic (exact) mass is 314 g/mol. The van der Waals surface area contributed by atoms with Gasteiger partial charge in [0.05, 0.1) is 0 Å². The van der Waals surface area contributed by atoms with Gasteiger partial charge in [0.15, 0.2) is 0 Å². The minimum atomic E-state index is -0.438. The highest BCUT2D eigenvalue weighted by molar-refractivity contribution is 9.10. The standard InChI is InChI=1S/C12H19BrN4O/c1-6(2)10(11(14)18)16-9-5-8(13)15-12(17-9)7(3)4/h5-7,10H,1-4H3,(H2,14,18)(H,15,16,17). The van der Waals surface area contributed by atoms with Crippen molar-refractivity contribution in [3.05, 3.63) is 16.5 Å². The van der Waals surface area contributed by atoms with Crippen LogP contribution in [0.5, 0.6) is 0 Å². The van der Waals surface area contributed by atoms with Crippen LogP contribution >= 0.6 is 15.9 Å². The number of aromatic nitrogens is 2. The summed E-state index contributed by atoms with van der Waals surface area (Å²) in [6.45, 7) is 7.89. The van der Waals surface area contributed by atoms with E-state index in [-0.39, 0.29) is 17.7 Å². The van der Waals surface area contributed by atoms with Gasteiger partial charge in [0, 0.05) is 12.0 Å². The topological polar surface area (TPSA) is 80.9 Å². The Labute approximate surface area is 116 Å². The summed E-state index contributed by atoms with van der Waals surface area (Å²) >= 11 is 3.34. The number of hydrogen-bond acceptors (Lipinski definition) is 4. The summed E-state index contributed by atoms with van der Waals surface area (Å²) in [6, 6.07) is 1.30. The maximum atomic E-state index is 11.4. The molecule has 6 heteroatoms. The van der Waals surface area contributed by atoms with Crippen LogP contribution in [0, 0.1) is 5.92 Å². The van der Waals surface area contributed by atoms with Crippen LogP contribution in [0.2, 0.25) is 0 Å². The summed E-state index contributed by atoms with van der Waals surface area (Å²) in [5.74, 6) is 1.26. The van der Waals surface area contributed by atoms with Crippen molar-refractivity contribution in [2.45, 2.75) is 39.7 Å². The highest BCUT2D eigenvalue weighted by Crippen LogP contribution is 2.19. The van der Waals surface area contributed by atoms with Crippen molar-refractivity contribution in [2.75, 3.05) is 5.32 Å². The number of hydrogen-bond donors (Lipinski definition) is 2. The van der Waals surface area contributed by atoms with Gasteiger partial charge >= 0.3 is 0 Å². The van der Waals surface area contributed by atoms with Gasteiger partial charge < -0.3 is 11.1 Å². The molecular formula is C12H19BrN4O. The lowest BCUT2D eigenvalue weighted by Gasteiger charge is -2.20. The fourth-order valence-corrected chi connectivity index (χ4v) is 1.89. The van der Waals surface area contributed by atoms with Crippen LogP contribution in [0.1, 0.15) is 39.4 Å². The number of primary amides is 1. The number of nitrogens with two attached hydrogens (primary N) is 1. The average Bonchev–Trinajstić information content (AvgIpc) is 2.24. The van der Waals surface area contributed by atoms with E-state index in [4.69, 9.17) is 5.73 Å². The smallest absolute Gasteiger partial charge is 0.240 e. The predicted molar refractivity (Wildman–Crippen MR) is 75.3 cm³/mol. The van der Waals surface area contributed by atoms with Crippen LogP contribution in [-0.2, 0) is 4.79 Å². The van der Waals surface area contributed by atoms with Crippen molar-refractivity contribution in [1.29, 1.82) is 0 Å². The molecule has 1 heterocycles. The van der Waals surface area contributed by atoms with Crippen LogP contribution in [-0.4, -0.2) is 21.9 Å². The van der Waals surface area contributed by atoms with Gasteiger partial charge in [-0.25, -0.2) is 9.97 Å². The number of carbonyl (C=O) groups is 1. The molecule has 0 aliphatic rings. The number of amides is 1. The van der Waals surface area contributed by atoms with Crippen molar-refractivity contribution in [3.8, 4) is 0 Å². The summed E-state index contributed by atoms with van der Waals surface area (Å²) in [7, 11) is 0. The normalized spacial score (nSPS) is 12.8. The second-order valence-electron chi connectivity index (χ2n) is 4.86. The number of halogens is 1. The SMILES string of the molecule is CC(C)c1nc(Br)cc(NC(C(N)=O)C(C)C)n1. The van der Waals surface area contributed by atoms with Crippen LogP contribution < -0.4 is 11.1 Å². The van der Waals surface area contributed by atoms with E-state index in [1.165, 1.54) is 0 Å². The minimum absolute atomic E-state index is 0.0961. The molecule has 1 aromatic heterocycles. The van der Waals surface area contributed by atoms with Gasteiger partial charge in [0.2, 0.25) is 5.91 Å². The minimum Gasteiger partial charge on any atom is -0.368 e. The van der Waals surface area contributed by atoms with Crippen LogP contribution in [0.25, 0.3) is 0 Å². The third-order valence-electron chi connectivity index (χ3n) is 2.51. The molecule has 5 nitrogen and oxygen atoms in total. The zero-order valence-electron chi connectivity index (χ0n) is 11.1. The molecule has 1 rings (SSSR count). The Kier molecular flexibility index (Phi) is 5.07. The summed E-state index contributed by atoms with van der Waals surface area (Å²) in [4.78, 5) is 20.0. The van der Waals surface area contributed by atoms with Crippen molar-refractivity contribution in [3.63, 3.8) is 0 Å². The van der Waals surface area contributed by atoms with Crippen molar-refractivity contribution in [2.24, 2.45) is 11.7 Å². The highest BCUT2D eigenvalue weighted by atomic mass is 79.9. The Hall–Kier alpha value is -1.17. The predicted octanol–water partition coefficient (Wildman–Crippen LogP) is 2.28. The second kappa shape index (κ2) is 6.13. The van der Waals surface area contributed by atoms with E-state index in [0.717, 1.165) is 5.82 Å². The van der Waals surface area contributed by atoms with Crippen molar-refractivity contribution < 1.29 is 4.79 Å². The van der Waals surface area contributed by atoms with Crippen LogP contribution in [0.3, 0.4) is 0 Å². The molecule has 1 unspecified atom stereocenters. The van der Waals surface area contributed by atoms with Gasteiger partial charge in [0.25, 0.3) is 0 Å². The molecule has 0 saturated heterocycles. The van der Waals surface area contributed by atoms with E-state index >= 15 is 0 Å². The van der Waals surface area contributed by atoms with Crippen molar-refractivity contribution >= 4 is 27.7 Å². The first-order chi connectivity index (χ1) is 8.31. The Balaban J connectivity index is 2.99. The molecule has 1 amide bonds. The van der Waals surface area contributed by atoms with Gasteiger partial charge in [-0.2, -0.15) is 0 Å². The van der Waals surface area contributed by atoms with Gasteiger partial charge in [0.1, 0.15) is 22.3 Å². The molecule has 1 aromatic rings. The molecule has 0 radical (unpaired) electrons. The van der Waals surface area contributed by atoms with Crippen LogP contribution in [0.4, 0.5) is 5.82 Å². The van der Waals surface area contributed by atoms with Crippen LogP contribution in [0.15, 0.2) is 10.7 Å². The van der Waals surface area contributed by atoms with Gasteiger partial charge in [-0.1, -0.05) is 27.7 Å². The zero-order valence-corrected chi connectivity index (χ0v) is 12.7. The first kappa shape index (κ1) is 14.9. The second-order valence-corrected chi connectivity index (χ2v) is 5.67. The molecule has 0 spiro atoms. The molecule has 0 bridgehead atoms. The molecule has 3 N–H and O–H groups in total. The summed E-state index contributed by atoms with van der Waals surface area (Å²) in [5, 5.41) is 3.06. The zero-order chi connectivity index (χ0) is 13.9. The number of rotatable bonds is 5. The maximum Gasteiger partial charge on any atom is 0.240 e. The summed E-state index contributed by atoms with van der Waals surface area (Å²) in [6.07, 6.45) is 0. The Morgan fingerprint density at radius 2 is 1.94 bits per heavy atom. The van der Waals surface area contributed by atoms with Gasteiger partial charge in [-0.15, -0.1) is 0 Å². The average molecular weight is 315 g/mol. The Bertz CT molecular complexity index is 434. The summed E-state index contributed by atoms with van der Waals surface area (Å²) in [5.41, 5.74) is 5.36. The largest absolute Gasteiger partial charge is 0.368 e. The third-order valence-corrected chi connectivity index (χ3v) is 2.91. The number of nitrogens with zero attached hydrogens (tertiary/aromatic N) is 2. The molecule has 0 aromatic carbocycles. The number of anilines is 1. The molecule has 0 fully saturated rings. The van der Waals surface area contributed by atoms with E-state index < -0.39 is 6.04 Å². The van der Waals surface area contributed by atoms with Gasteiger partial charge in [-0.05, 0) is 21.8 Å². The highest BCUT2D eigenvalue weighted by Gasteiger charge is 2.20. The third kappa shape index (κ3) is 3.94. The van der Waals surface area contributed by atoms with Crippen molar-refractivity contribution in [1.82, 2.24) is 9.97 Å². The lowest BCUT2D eigenvalue weighted by molar-refractivity contribution is -0.119. The fraction of sp³-hybridized carbons (Fsp3) is 0.583. The quantitative estimate of drug-likeness (QED) is 0.817. The first-order valence-corrected chi connectivity index (χ1v) is 6.71. The molecule has 18 heavy (non-hydrogen) atoms. The molecular weight excluding hydrogens is 296 g/mol. The molecule has 100 valence electrons. The van der Waals surface area contributed by atoms with Gasteiger partial charge in [-0.3, -0.25) is 4.79 Å². The lowest BCUT2D eigenvalue weighted by Crippen LogP contribution is -2.39. The van der Waals surface area contributed by atoms with E-state index in [0.29, 0.717) is 10.4 Å². The van der Waals surface area contributed by atoms with E-state index in [9.17, 15) is 4.79 Å². The Morgan fingerprint density at radius 3 is 2.39 bits per heavy atom.